The van der Waals surface area contributed by atoms with Crippen LogP contribution in [-0.4, -0.2) is 11.1 Å². The van der Waals surface area contributed by atoms with Crippen LogP contribution in [0.3, 0.4) is 0 Å². The van der Waals surface area contributed by atoms with Crippen molar-refractivity contribution in [1.29, 1.82) is 0 Å². The summed E-state index contributed by atoms with van der Waals surface area (Å²) in [5.74, 6) is -0.465. The molecule has 0 aliphatic rings. The Hall–Kier alpha value is -1.06. The fourth-order valence-corrected chi connectivity index (χ4v) is 1.25. The number of aryl methyl sites for hydroxylation is 1. The van der Waals surface area contributed by atoms with Gasteiger partial charge in [-0.25, -0.2) is 5.48 Å². The van der Waals surface area contributed by atoms with Gasteiger partial charge in [-0.2, -0.15) is 0 Å². The lowest BCUT2D eigenvalue weighted by Crippen LogP contribution is -2.20. The zero-order valence-corrected chi connectivity index (χ0v) is 7.93. The number of halogens is 1. The molecule has 13 heavy (non-hydrogen) atoms. The summed E-state index contributed by atoms with van der Waals surface area (Å²) in [6, 6.07) is 5.44. The number of carbonyl (C=O) groups is 1. The summed E-state index contributed by atoms with van der Waals surface area (Å²) < 4.78 is 0. The summed E-state index contributed by atoms with van der Waals surface area (Å²) in [6.07, 6.45) is 0.0943. The Morgan fingerprint density at radius 1 is 1.62 bits per heavy atom. The van der Waals surface area contributed by atoms with E-state index < -0.39 is 5.91 Å². The van der Waals surface area contributed by atoms with E-state index in [4.69, 9.17) is 16.8 Å². The molecule has 1 aromatic rings. The maximum atomic E-state index is 10.8. The second-order valence-corrected chi connectivity index (χ2v) is 3.14. The number of amides is 1. The average molecular weight is 200 g/mol. The number of hydrogen-bond acceptors (Lipinski definition) is 2. The summed E-state index contributed by atoms with van der Waals surface area (Å²) in [5.41, 5.74) is 3.20. The zero-order chi connectivity index (χ0) is 9.84. The Morgan fingerprint density at radius 3 is 2.92 bits per heavy atom. The average Bonchev–Trinajstić information content (AvgIpc) is 2.13. The first kappa shape index (κ1) is 10.0. The minimum Gasteiger partial charge on any atom is -0.289 e. The highest BCUT2D eigenvalue weighted by atomic mass is 35.5. The van der Waals surface area contributed by atoms with E-state index in [1.807, 2.05) is 19.1 Å². The van der Waals surface area contributed by atoms with E-state index in [0.717, 1.165) is 5.56 Å². The Labute approximate surface area is 81.3 Å². The first-order valence-electron chi connectivity index (χ1n) is 3.82. The highest BCUT2D eigenvalue weighted by Crippen LogP contribution is 2.20. The van der Waals surface area contributed by atoms with Crippen molar-refractivity contribution in [2.75, 3.05) is 0 Å². The first-order valence-corrected chi connectivity index (χ1v) is 4.20. The number of rotatable bonds is 2. The largest absolute Gasteiger partial charge is 0.289 e. The number of hydroxylamine groups is 1. The lowest BCUT2D eigenvalue weighted by Gasteiger charge is -2.04. The maximum Gasteiger partial charge on any atom is 0.247 e. The molecule has 0 spiro atoms. The molecular formula is C9H10ClNO2. The number of nitrogens with one attached hydrogen (secondary N) is 1. The van der Waals surface area contributed by atoms with E-state index in [1.54, 1.807) is 11.5 Å². The van der Waals surface area contributed by atoms with Gasteiger partial charge in [0.25, 0.3) is 0 Å². The van der Waals surface area contributed by atoms with Crippen molar-refractivity contribution in [3.63, 3.8) is 0 Å². The molecule has 0 radical (unpaired) electrons. The van der Waals surface area contributed by atoms with Gasteiger partial charge in [-0.15, -0.1) is 0 Å². The van der Waals surface area contributed by atoms with Gasteiger partial charge >= 0.3 is 0 Å². The predicted octanol–water partition coefficient (Wildman–Crippen LogP) is 1.70. The number of carbonyl (C=O) groups excluding carboxylic acids is 1. The van der Waals surface area contributed by atoms with Gasteiger partial charge < -0.3 is 0 Å². The Morgan fingerprint density at radius 2 is 2.31 bits per heavy atom. The monoisotopic (exact) mass is 199 g/mol. The van der Waals surface area contributed by atoms with Gasteiger partial charge in [-0.1, -0.05) is 29.8 Å². The van der Waals surface area contributed by atoms with E-state index in [-0.39, 0.29) is 6.42 Å². The van der Waals surface area contributed by atoms with E-state index in [1.165, 1.54) is 0 Å². The van der Waals surface area contributed by atoms with Gasteiger partial charge in [0.2, 0.25) is 5.91 Å². The second-order valence-electron chi connectivity index (χ2n) is 2.76. The van der Waals surface area contributed by atoms with Gasteiger partial charge in [0.05, 0.1) is 6.42 Å². The topological polar surface area (TPSA) is 49.3 Å². The van der Waals surface area contributed by atoms with Crippen LogP contribution < -0.4 is 5.48 Å². The van der Waals surface area contributed by atoms with Gasteiger partial charge in [-0.05, 0) is 18.1 Å². The third-order valence-electron chi connectivity index (χ3n) is 1.75. The molecular weight excluding hydrogens is 190 g/mol. The van der Waals surface area contributed by atoms with Crippen molar-refractivity contribution < 1.29 is 10.0 Å². The lowest BCUT2D eigenvalue weighted by atomic mass is 10.1. The fraction of sp³-hybridized carbons (Fsp3) is 0.222. The summed E-state index contributed by atoms with van der Waals surface area (Å²) in [5, 5.41) is 8.89. The highest BCUT2D eigenvalue weighted by Gasteiger charge is 2.06. The SMILES string of the molecule is Cc1cccc(CC(=O)NO)c1Cl. The molecule has 0 saturated heterocycles. The lowest BCUT2D eigenvalue weighted by molar-refractivity contribution is -0.128. The highest BCUT2D eigenvalue weighted by molar-refractivity contribution is 6.32. The molecule has 0 saturated carbocycles. The van der Waals surface area contributed by atoms with Crippen molar-refractivity contribution in [2.24, 2.45) is 0 Å². The molecule has 0 atom stereocenters. The third-order valence-corrected chi connectivity index (χ3v) is 2.29. The zero-order valence-electron chi connectivity index (χ0n) is 7.17. The van der Waals surface area contributed by atoms with Crippen LogP contribution in [-0.2, 0) is 11.2 Å². The van der Waals surface area contributed by atoms with Gasteiger partial charge in [0, 0.05) is 5.02 Å². The molecule has 0 aliphatic heterocycles. The van der Waals surface area contributed by atoms with Crippen molar-refractivity contribution in [3.8, 4) is 0 Å². The van der Waals surface area contributed by atoms with Crippen molar-refractivity contribution in [3.05, 3.63) is 34.3 Å². The van der Waals surface area contributed by atoms with Crippen molar-refractivity contribution >= 4 is 17.5 Å². The molecule has 1 rings (SSSR count). The minimum atomic E-state index is -0.465. The summed E-state index contributed by atoms with van der Waals surface area (Å²) in [6.45, 7) is 1.86. The molecule has 0 aliphatic carbocycles. The van der Waals surface area contributed by atoms with Crippen LogP contribution in [0.4, 0.5) is 0 Å². The molecule has 1 aromatic carbocycles. The van der Waals surface area contributed by atoms with Crippen LogP contribution in [0.5, 0.6) is 0 Å². The Bertz CT molecular complexity index is 325. The van der Waals surface area contributed by atoms with Crippen molar-refractivity contribution in [2.45, 2.75) is 13.3 Å². The van der Waals surface area contributed by atoms with Gasteiger partial charge in [-0.3, -0.25) is 10.0 Å². The molecule has 0 aromatic heterocycles. The third kappa shape index (κ3) is 2.44. The molecule has 1 amide bonds. The molecule has 70 valence electrons. The molecule has 0 fully saturated rings. The summed E-state index contributed by atoms with van der Waals surface area (Å²) in [7, 11) is 0. The van der Waals surface area contributed by atoms with E-state index in [2.05, 4.69) is 0 Å². The van der Waals surface area contributed by atoms with E-state index in [0.29, 0.717) is 10.6 Å². The van der Waals surface area contributed by atoms with Crippen LogP contribution in [0.15, 0.2) is 18.2 Å². The smallest absolute Gasteiger partial charge is 0.247 e. The molecule has 2 N–H and O–H groups in total. The quantitative estimate of drug-likeness (QED) is 0.563. The summed E-state index contributed by atoms with van der Waals surface area (Å²) >= 11 is 5.93. The fourth-order valence-electron chi connectivity index (χ4n) is 1.06. The van der Waals surface area contributed by atoms with Crippen LogP contribution in [0.2, 0.25) is 5.02 Å². The summed E-state index contributed by atoms with van der Waals surface area (Å²) in [4.78, 5) is 10.8. The van der Waals surface area contributed by atoms with Crippen LogP contribution >= 0.6 is 11.6 Å². The van der Waals surface area contributed by atoms with Crippen LogP contribution in [0, 0.1) is 6.92 Å². The maximum absolute atomic E-state index is 10.8. The Kier molecular flexibility index (Phi) is 3.28. The molecule has 4 heteroatoms. The van der Waals surface area contributed by atoms with E-state index in [9.17, 15) is 4.79 Å². The predicted molar refractivity (Wildman–Crippen MR) is 49.8 cm³/mol. The van der Waals surface area contributed by atoms with Gasteiger partial charge in [0.15, 0.2) is 0 Å². The Balaban J connectivity index is 2.89. The molecule has 0 heterocycles. The van der Waals surface area contributed by atoms with Crippen LogP contribution in [0.1, 0.15) is 11.1 Å². The van der Waals surface area contributed by atoms with Crippen LogP contribution in [0.25, 0.3) is 0 Å². The molecule has 3 nitrogen and oxygen atoms in total. The minimum absolute atomic E-state index is 0.0943. The number of hydrogen-bond donors (Lipinski definition) is 2. The van der Waals surface area contributed by atoms with E-state index >= 15 is 0 Å². The normalized spacial score (nSPS) is 9.77. The standard InChI is InChI=1S/C9H10ClNO2/c1-6-3-2-4-7(9(6)10)5-8(12)11-13/h2-4,13H,5H2,1H3,(H,11,12). The molecule has 0 bridgehead atoms. The first-order chi connectivity index (χ1) is 6.15. The molecule has 0 unspecified atom stereocenters. The number of benzene rings is 1. The van der Waals surface area contributed by atoms with Crippen molar-refractivity contribution in [1.82, 2.24) is 5.48 Å². The van der Waals surface area contributed by atoms with Gasteiger partial charge in [0.1, 0.15) is 0 Å². The second kappa shape index (κ2) is 4.25.